The van der Waals surface area contributed by atoms with Crippen molar-refractivity contribution >= 4 is 23.4 Å². The number of aromatic nitrogens is 1. The Morgan fingerprint density at radius 2 is 2.37 bits per heavy atom. The van der Waals surface area contributed by atoms with Crippen molar-refractivity contribution in [3.8, 4) is 5.75 Å². The molecule has 0 saturated heterocycles. The van der Waals surface area contributed by atoms with Gasteiger partial charge in [0.2, 0.25) is 0 Å². The second kappa shape index (κ2) is 6.15. The quantitative estimate of drug-likeness (QED) is 0.852. The normalized spacial score (nSPS) is 10.8. The molecule has 2 aromatic rings. The minimum atomic E-state index is -0.977. The van der Waals surface area contributed by atoms with Gasteiger partial charge in [0.05, 0.1) is 10.4 Å². The maximum absolute atomic E-state index is 10.6. The van der Waals surface area contributed by atoms with Gasteiger partial charge in [-0.2, -0.15) is 0 Å². The van der Waals surface area contributed by atoms with Crippen molar-refractivity contribution in [3.05, 3.63) is 52.0 Å². The van der Waals surface area contributed by atoms with Gasteiger partial charge in [-0.15, -0.1) is 11.3 Å². The summed E-state index contributed by atoms with van der Waals surface area (Å²) in [6, 6.07) is 5.67. The van der Waals surface area contributed by atoms with Gasteiger partial charge in [0, 0.05) is 17.8 Å². The van der Waals surface area contributed by atoms with E-state index in [4.69, 9.17) is 9.84 Å². The minimum Gasteiger partial charge on any atom is -0.487 e. The highest BCUT2D eigenvalue weighted by Gasteiger charge is 2.03. The number of carboxylic acids is 1. The zero-order chi connectivity index (χ0) is 13.7. The molecule has 0 saturated carbocycles. The fourth-order valence-corrected chi connectivity index (χ4v) is 2.06. The molecule has 0 aliphatic carbocycles. The van der Waals surface area contributed by atoms with Crippen molar-refractivity contribution in [3.63, 3.8) is 0 Å². The van der Waals surface area contributed by atoms with Crippen LogP contribution < -0.4 is 4.74 Å². The molecule has 1 heterocycles. The van der Waals surface area contributed by atoms with E-state index in [1.807, 2.05) is 25.1 Å². The Kier molecular flexibility index (Phi) is 4.30. The van der Waals surface area contributed by atoms with Crippen molar-refractivity contribution in [1.29, 1.82) is 0 Å². The van der Waals surface area contributed by atoms with Crippen LogP contribution in [0.15, 0.2) is 36.0 Å². The lowest BCUT2D eigenvalue weighted by atomic mass is 10.1. The van der Waals surface area contributed by atoms with Crippen LogP contribution in [-0.2, 0) is 11.4 Å². The fourth-order valence-electron chi connectivity index (χ4n) is 1.55. The first-order chi connectivity index (χ1) is 9.15. The van der Waals surface area contributed by atoms with Crippen LogP contribution in [0, 0.1) is 6.92 Å². The summed E-state index contributed by atoms with van der Waals surface area (Å²) in [6.45, 7) is 2.38. The van der Waals surface area contributed by atoms with E-state index in [1.54, 1.807) is 11.7 Å². The molecule has 0 aliphatic heterocycles. The lowest BCUT2D eigenvalue weighted by Gasteiger charge is -2.08. The Hall–Kier alpha value is -2.14. The Labute approximate surface area is 115 Å². The first-order valence-corrected chi connectivity index (χ1v) is 6.55. The van der Waals surface area contributed by atoms with Gasteiger partial charge in [-0.3, -0.25) is 4.98 Å². The van der Waals surface area contributed by atoms with Crippen LogP contribution in [0.1, 0.15) is 16.0 Å². The van der Waals surface area contributed by atoms with Crippen molar-refractivity contribution in [2.75, 3.05) is 0 Å². The number of carbonyl (C=O) groups is 1. The van der Waals surface area contributed by atoms with Crippen LogP contribution in [0.3, 0.4) is 0 Å². The largest absolute Gasteiger partial charge is 0.487 e. The van der Waals surface area contributed by atoms with Crippen molar-refractivity contribution in [1.82, 2.24) is 4.98 Å². The number of aliphatic carboxylic acids is 1. The second-order valence-corrected chi connectivity index (χ2v) is 4.94. The van der Waals surface area contributed by atoms with E-state index in [9.17, 15) is 4.79 Å². The molecule has 5 heteroatoms. The molecule has 0 fully saturated rings. The van der Waals surface area contributed by atoms with Gasteiger partial charge in [-0.1, -0.05) is 11.6 Å². The zero-order valence-electron chi connectivity index (χ0n) is 10.4. The van der Waals surface area contributed by atoms with Crippen LogP contribution in [0.4, 0.5) is 0 Å². The Balaban J connectivity index is 2.16. The third-order valence-corrected chi connectivity index (χ3v) is 3.18. The van der Waals surface area contributed by atoms with Crippen molar-refractivity contribution in [2.45, 2.75) is 13.5 Å². The van der Waals surface area contributed by atoms with Crippen molar-refractivity contribution in [2.24, 2.45) is 0 Å². The van der Waals surface area contributed by atoms with Crippen molar-refractivity contribution < 1.29 is 14.6 Å². The third kappa shape index (κ3) is 3.93. The maximum atomic E-state index is 10.6. The number of aryl methyl sites for hydroxylation is 1. The first-order valence-electron chi connectivity index (χ1n) is 5.67. The van der Waals surface area contributed by atoms with Crippen LogP contribution in [0.2, 0.25) is 0 Å². The maximum Gasteiger partial charge on any atom is 0.328 e. The summed E-state index contributed by atoms with van der Waals surface area (Å²) in [5.74, 6) is -0.314. The molecular weight excluding hydrogens is 262 g/mol. The third-order valence-electron chi connectivity index (χ3n) is 2.42. The molecule has 1 aromatic carbocycles. The Bertz CT molecular complexity index is 591. The van der Waals surface area contributed by atoms with E-state index in [2.05, 4.69) is 4.98 Å². The first kappa shape index (κ1) is 13.3. The highest BCUT2D eigenvalue weighted by Crippen LogP contribution is 2.23. The van der Waals surface area contributed by atoms with Crippen LogP contribution in [0.25, 0.3) is 6.08 Å². The summed E-state index contributed by atoms with van der Waals surface area (Å²) in [5, 5.41) is 8.68. The van der Waals surface area contributed by atoms with Crippen LogP contribution in [-0.4, -0.2) is 16.1 Å². The average molecular weight is 275 g/mol. The monoisotopic (exact) mass is 275 g/mol. The van der Waals surface area contributed by atoms with E-state index in [0.29, 0.717) is 12.4 Å². The summed E-state index contributed by atoms with van der Waals surface area (Å²) < 4.78 is 5.70. The van der Waals surface area contributed by atoms with Crippen LogP contribution >= 0.6 is 11.3 Å². The standard InChI is InChI=1S/C14H13NO3S/c1-10-2-4-13(11(6-10)3-5-14(16)17)18-8-12-7-15-9-19-12/h2-7,9H,8H2,1H3,(H,16,17)/b5-3+. The van der Waals surface area contributed by atoms with Gasteiger partial charge >= 0.3 is 5.97 Å². The molecule has 0 radical (unpaired) electrons. The highest BCUT2D eigenvalue weighted by atomic mass is 32.1. The number of hydrogen-bond acceptors (Lipinski definition) is 4. The second-order valence-electron chi connectivity index (χ2n) is 3.97. The van der Waals surface area contributed by atoms with Gasteiger partial charge < -0.3 is 9.84 Å². The summed E-state index contributed by atoms with van der Waals surface area (Å²) in [7, 11) is 0. The predicted molar refractivity (Wildman–Crippen MR) is 74.3 cm³/mol. The Morgan fingerprint density at radius 1 is 1.53 bits per heavy atom. The summed E-state index contributed by atoms with van der Waals surface area (Å²) in [6.07, 6.45) is 4.40. The summed E-state index contributed by atoms with van der Waals surface area (Å²) in [4.78, 5) is 15.6. The van der Waals surface area contributed by atoms with E-state index in [0.717, 1.165) is 22.1 Å². The van der Waals surface area contributed by atoms with Gasteiger partial charge in [0.15, 0.2) is 0 Å². The van der Waals surface area contributed by atoms with E-state index in [-0.39, 0.29) is 0 Å². The molecule has 4 nitrogen and oxygen atoms in total. The number of hydrogen-bond donors (Lipinski definition) is 1. The van der Waals surface area contributed by atoms with E-state index < -0.39 is 5.97 Å². The zero-order valence-corrected chi connectivity index (χ0v) is 11.2. The smallest absolute Gasteiger partial charge is 0.328 e. The van der Waals surface area contributed by atoms with Gasteiger partial charge in [-0.05, 0) is 25.1 Å². The fraction of sp³-hybridized carbons (Fsp3) is 0.143. The molecular formula is C14H13NO3S. The number of nitrogens with zero attached hydrogens (tertiary/aromatic N) is 1. The lowest BCUT2D eigenvalue weighted by molar-refractivity contribution is -0.131. The van der Waals surface area contributed by atoms with Gasteiger partial charge in [-0.25, -0.2) is 4.79 Å². The van der Waals surface area contributed by atoms with E-state index in [1.165, 1.54) is 17.4 Å². The number of ether oxygens (including phenoxy) is 1. The van der Waals surface area contributed by atoms with Gasteiger partial charge in [0.1, 0.15) is 12.4 Å². The molecule has 2 rings (SSSR count). The molecule has 1 N–H and O–H groups in total. The topological polar surface area (TPSA) is 59.4 Å². The number of thiazole rings is 1. The Morgan fingerprint density at radius 3 is 3.05 bits per heavy atom. The predicted octanol–water partition coefficient (Wildman–Crippen LogP) is 3.13. The summed E-state index contributed by atoms with van der Waals surface area (Å²) >= 11 is 1.52. The molecule has 0 amide bonds. The van der Waals surface area contributed by atoms with E-state index >= 15 is 0 Å². The molecule has 19 heavy (non-hydrogen) atoms. The number of rotatable bonds is 5. The molecule has 1 aromatic heterocycles. The number of benzene rings is 1. The average Bonchev–Trinajstić information content (AvgIpc) is 2.88. The van der Waals surface area contributed by atoms with Crippen LogP contribution in [0.5, 0.6) is 5.75 Å². The molecule has 0 unspecified atom stereocenters. The summed E-state index contributed by atoms with van der Waals surface area (Å²) in [5.41, 5.74) is 3.56. The molecule has 0 spiro atoms. The molecule has 0 bridgehead atoms. The minimum absolute atomic E-state index is 0.432. The molecule has 0 atom stereocenters. The molecule has 98 valence electrons. The lowest BCUT2D eigenvalue weighted by Crippen LogP contribution is -1.96. The van der Waals surface area contributed by atoms with Gasteiger partial charge in [0.25, 0.3) is 0 Å². The number of carboxylic acid groups (broad SMARTS) is 1. The molecule has 0 aliphatic rings. The SMILES string of the molecule is Cc1ccc(OCc2cncs2)c(/C=C/C(=O)O)c1. The highest BCUT2D eigenvalue weighted by molar-refractivity contribution is 7.09.